The molecule has 0 spiro atoms. The maximum Gasteiger partial charge on any atom is 0.122 e. The van der Waals surface area contributed by atoms with Crippen LogP contribution < -0.4 is 10.5 Å². The Balaban J connectivity index is 1.52. The van der Waals surface area contributed by atoms with E-state index in [1.165, 1.54) is 18.4 Å². The van der Waals surface area contributed by atoms with Gasteiger partial charge in [0.2, 0.25) is 0 Å². The smallest absolute Gasteiger partial charge is 0.122 e. The van der Waals surface area contributed by atoms with Crippen LogP contribution in [0.5, 0.6) is 5.75 Å². The van der Waals surface area contributed by atoms with E-state index in [0.29, 0.717) is 12.0 Å². The standard InChI is InChI=1S/C16H23NO2/c17-15(8-7-14-5-3-9-18-14)13-10-12-4-1-2-6-16(12)19-11-13/h1-2,4,6,13-15H,3,5,7-11,17H2. The quantitative estimate of drug-likeness (QED) is 0.905. The van der Waals surface area contributed by atoms with Gasteiger partial charge in [-0.2, -0.15) is 0 Å². The number of rotatable bonds is 4. The summed E-state index contributed by atoms with van der Waals surface area (Å²) in [7, 11) is 0. The van der Waals surface area contributed by atoms with Gasteiger partial charge >= 0.3 is 0 Å². The van der Waals surface area contributed by atoms with Crippen LogP contribution in [0.2, 0.25) is 0 Å². The van der Waals surface area contributed by atoms with Crippen LogP contribution in [0.4, 0.5) is 0 Å². The lowest BCUT2D eigenvalue weighted by Gasteiger charge is -2.30. The maximum absolute atomic E-state index is 6.35. The average molecular weight is 261 g/mol. The molecule has 3 nitrogen and oxygen atoms in total. The molecule has 3 heteroatoms. The molecule has 104 valence electrons. The predicted molar refractivity (Wildman–Crippen MR) is 75.3 cm³/mol. The highest BCUT2D eigenvalue weighted by molar-refractivity contribution is 5.35. The topological polar surface area (TPSA) is 44.5 Å². The molecule has 0 aliphatic carbocycles. The van der Waals surface area contributed by atoms with Crippen molar-refractivity contribution in [1.82, 2.24) is 0 Å². The second-order valence-electron chi connectivity index (χ2n) is 5.76. The minimum absolute atomic E-state index is 0.220. The fourth-order valence-corrected chi connectivity index (χ4v) is 3.11. The summed E-state index contributed by atoms with van der Waals surface area (Å²) in [4.78, 5) is 0. The van der Waals surface area contributed by atoms with E-state index >= 15 is 0 Å². The minimum atomic E-state index is 0.220. The summed E-state index contributed by atoms with van der Waals surface area (Å²) in [5.41, 5.74) is 7.65. The number of para-hydroxylation sites is 1. The number of ether oxygens (including phenoxy) is 2. The molecule has 0 saturated carbocycles. The van der Waals surface area contributed by atoms with Gasteiger partial charge in [-0.25, -0.2) is 0 Å². The van der Waals surface area contributed by atoms with Gasteiger partial charge in [0.25, 0.3) is 0 Å². The first-order valence-electron chi connectivity index (χ1n) is 7.41. The van der Waals surface area contributed by atoms with Crippen molar-refractivity contribution >= 4 is 0 Å². The van der Waals surface area contributed by atoms with Gasteiger partial charge in [-0.05, 0) is 43.7 Å². The summed E-state index contributed by atoms with van der Waals surface area (Å²) in [6, 6.07) is 8.51. The number of benzene rings is 1. The third kappa shape index (κ3) is 3.10. The zero-order chi connectivity index (χ0) is 13.1. The summed E-state index contributed by atoms with van der Waals surface area (Å²) < 4.78 is 11.5. The molecule has 0 bridgehead atoms. The Labute approximate surface area is 115 Å². The van der Waals surface area contributed by atoms with Crippen LogP contribution in [0.15, 0.2) is 24.3 Å². The first-order valence-corrected chi connectivity index (χ1v) is 7.41. The molecule has 3 unspecified atom stereocenters. The Morgan fingerprint density at radius 2 is 2.21 bits per heavy atom. The summed E-state index contributed by atoms with van der Waals surface area (Å²) in [6.45, 7) is 1.68. The molecule has 1 fully saturated rings. The van der Waals surface area contributed by atoms with Crippen LogP contribution in [0.1, 0.15) is 31.2 Å². The Kier molecular flexibility index (Phi) is 4.04. The van der Waals surface area contributed by atoms with E-state index < -0.39 is 0 Å². The molecule has 19 heavy (non-hydrogen) atoms. The number of hydrogen-bond donors (Lipinski definition) is 1. The third-order valence-electron chi connectivity index (χ3n) is 4.36. The molecule has 2 aliphatic heterocycles. The van der Waals surface area contributed by atoms with Crippen molar-refractivity contribution < 1.29 is 9.47 Å². The van der Waals surface area contributed by atoms with Crippen molar-refractivity contribution in [2.75, 3.05) is 13.2 Å². The zero-order valence-electron chi connectivity index (χ0n) is 11.4. The van der Waals surface area contributed by atoms with E-state index in [9.17, 15) is 0 Å². The van der Waals surface area contributed by atoms with E-state index in [0.717, 1.165) is 38.2 Å². The highest BCUT2D eigenvalue weighted by atomic mass is 16.5. The first-order chi connectivity index (χ1) is 9.33. The van der Waals surface area contributed by atoms with Crippen molar-refractivity contribution in [3.63, 3.8) is 0 Å². The van der Waals surface area contributed by atoms with Crippen LogP contribution in [-0.2, 0) is 11.2 Å². The molecular weight excluding hydrogens is 238 g/mol. The molecule has 1 aromatic rings. The Bertz CT molecular complexity index is 415. The highest BCUT2D eigenvalue weighted by Crippen LogP contribution is 2.29. The molecular formula is C16H23NO2. The van der Waals surface area contributed by atoms with E-state index in [1.807, 2.05) is 12.1 Å². The SMILES string of the molecule is NC(CCC1CCCO1)C1COc2ccccc2C1. The van der Waals surface area contributed by atoms with Gasteiger partial charge in [-0.15, -0.1) is 0 Å². The van der Waals surface area contributed by atoms with Crippen molar-refractivity contribution in [2.24, 2.45) is 11.7 Å². The second-order valence-corrected chi connectivity index (χ2v) is 5.76. The Morgan fingerprint density at radius 3 is 3.05 bits per heavy atom. The Morgan fingerprint density at radius 1 is 1.32 bits per heavy atom. The van der Waals surface area contributed by atoms with Crippen molar-refractivity contribution in [3.05, 3.63) is 29.8 Å². The monoisotopic (exact) mass is 261 g/mol. The molecule has 1 saturated heterocycles. The van der Waals surface area contributed by atoms with Crippen LogP contribution in [0.25, 0.3) is 0 Å². The molecule has 2 aliphatic rings. The number of fused-ring (bicyclic) bond motifs is 1. The fourth-order valence-electron chi connectivity index (χ4n) is 3.11. The van der Waals surface area contributed by atoms with Crippen molar-refractivity contribution in [2.45, 2.75) is 44.2 Å². The van der Waals surface area contributed by atoms with Crippen molar-refractivity contribution in [1.29, 1.82) is 0 Å². The largest absolute Gasteiger partial charge is 0.493 e. The minimum Gasteiger partial charge on any atom is -0.493 e. The van der Waals surface area contributed by atoms with Crippen LogP contribution in [0, 0.1) is 5.92 Å². The fraction of sp³-hybridized carbons (Fsp3) is 0.625. The van der Waals surface area contributed by atoms with Gasteiger partial charge in [0.05, 0.1) is 12.7 Å². The lowest BCUT2D eigenvalue weighted by Crippen LogP contribution is -2.38. The molecule has 0 amide bonds. The lowest BCUT2D eigenvalue weighted by atomic mass is 9.88. The van der Waals surface area contributed by atoms with Gasteiger partial charge in [-0.1, -0.05) is 18.2 Å². The van der Waals surface area contributed by atoms with Gasteiger partial charge in [0.15, 0.2) is 0 Å². The third-order valence-corrected chi connectivity index (χ3v) is 4.36. The average Bonchev–Trinajstić information content (AvgIpc) is 2.97. The van der Waals surface area contributed by atoms with E-state index in [4.69, 9.17) is 15.2 Å². The Hall–Kier alpha value is -1.06. The molecule has 2 heterocycles. The molecule has 0 radical (unpaired) electrons. The summed E-state index contributed by atoms with van der Waals surface area (Å²) in [5, 5.41) is 0. The maximum atomic E-state index is 6.35. The predicted octanol–water partition coefficient (Wildman–Crippen LogP) is 2.52. The number of hydrogen-bond acceptors (Lipinski definition) is 3. The van der Waals surface area contributed by atoms with Crippen LogP contribution >= 0.6 is 0 Å². The van der Waals surface area contributed by atoms with Crippen LogP contribution in [0.3, 0.4) is 0 Å². The van der Waals surface area contributed by atoms with Gasteiger partial charge in [0.1, 0.15) is 5.75 Å². The van der Waals surface area contributed by atoms with Crippen molar-refractivity contribution in [3.8, 4) is 5.75 Å². The van der Waals surface area contributed by atoms with Gasteiger partial charge < -0.3 is 15.2 Å². The van der Waals surface area contributed by atoms with E-state index in [1.54, 1.807) is 0 Å². The lowest BCUT2D eigenvalue weighted by molar-refractivity contribution is 0.0961. The van der Waals surface area contributed by atoms with Crippen LogP contribution in [-0.4, -0.2) is 25.4 Å². The van der Waals surface area contributed by atoms with E-state index in [2.05, 4.69) is 12.1 Å². The molecule has 1 aromatic carbocycles. The van der Waals surface area contributed by atoms with Gasteiger partial charge in [-0.3, -0.25) is 0 Å². The first kappa shape index (κ1) is 12.9. The molecule has 3 atom stereocenters. The second kappa shape index (κ2) is 5.93. The van der Waals surface area contributed by atoms with Gasteiger partial charge in [0, 0.05) is 18.6 Å². The summed E-state index contributed by atoms with van der Waals surface area (Å²) >= 11 is 0. The highest BCUT2D eigenvalue weighted by Gasteiger charge is 2.26. The zero-order valence-corrected chi connectivity index (χ0v) is 11.4. The summed E-state index contributed by atoms with van der Waals surface area (Å²) in [5.74, 6) is 1.47. The number of nitrogens with two attached hydrogens (primary N) is 1. The molecule has 2 N–H and O–H groups in total. The summed E-state index contributed by atoms with van der Waals surface area (Å²) in [6.07, 6.45) is 6.04. The molecule has 0 aromatic heterocycles. The normalized spacial score (nSPS) is 27.6. The van der Waals surface area contributed by atoms with E-state index in [-0.39, 0.29) is 6.04 Å². The molecule has 3 rings (SSSR count).